The third-order valence-corrected chi connectivity index (χ3v) is 8.22. The molecule has 0 heterocycles. The highest BCUT2D eigenvalue weighted by molar-refractivity contribution is 5.66. The van der Waals surface area contributed by atoms with E-state index < -0.39 is 5.97 Å². The lowest BCUT2D eigenvalue weighted by atomic mass is 9.90. The van der Waals surface area contributed by atoms with Gasteiger partial charge in [0.2, 0.25) is 0 Å². The van der Waals surface area contributed by atoms with Crippen LogP contribution in [0.3, 0.4) is 0 Å². The molecule has 0 aromatic rings. The third kappa shape index (κ3) is 31.5. The van der Waals surface area contributed by atoms with Gasteiger partial charge in [-0.05, 0) is 25.7 Å². The number of aliphatic carboxylic acids is 1. The van der Waals surface area contributed by atoms with Gasteiger partial charge in [-0.1, -0.05) is 174 Å². The van der Waals surface area contributed by atoms with Crippen LogP contribution in [-0.4, -0.2) is 22.3 Å². The molecule has 3 heteroatoms. The van der Waals surface area contributed by atoms with E-state index in [0.717, 1.165) is 12.8 Å². The Hall–Kier alpha value is -0.570. The predicted octanol–water partition coefficient (Wildman–Crippen LogP) is 11.4. The van der Waals surface area contributed by atoms with Gasteiger partial charge >= 0.3 is 5.97 Å². The van der Waals surface area contributed by atoms with Gasteiger partial charge in [0, 0.05) is 6.42 Å². The standard InChI is InChI=1S/C34H68O3/c1-3-4-5-6-7-8-9-13-16-19-22-25-28-33(30-31-34(36)37)29-26-23-20-17-14-11-10-12-15-18-21-24-27-32(2)35/h32-33,35H,3-31H2,1-2H3,(H,36,37). The number of carboxylic acids is 1. The fourth-order valence-corrected chi connectivity index (χ4v) is 5.68. The molecule has 2 atom stereocenters. The maximum atomic E-state index is 11.1. The average Bonchev–Trinajstić information content (AvgIpc) is 2.87. The second kappa shape index (κ2) is 30.0. The summed E-state index contributed by atoms with van der Waals surface area (Å²) >= 11 is 0. The van der Waals surface area contributed by atoms with Crippen molar-refractivity contribution in [2.24, 2.45) is 5.92 Å². The Morgan fingerprint density at radius 3 is 1.08 bits per heavy atom. The number of carboxylic acid groups (broad SMARTS) is 1. The number of hydrogen-bond donors (Lipinski definition) is 2. The lowest BCUT2D eigenvalue weighted by Gasteiger charge is -2.16. The minimum Gasteiger partial charge on any atom is -0.481 e. The van der Waals surface area contributed by atoms with E-state index in [1.165, 1.54) is 167 Å². The fourth-order valence-electron chi connectivity index (χ4n) is 5.68. The first-order chi connectivity index (χ1) is 18.1. The van der Waals surface area contributed by atoms with E-state index in [1.54, 1.807) is 0 Å². The topological polar surface area (TPSA) is 57.5 Å². The van der Waals surface area contributed by atoms with Crippen LogP contribution in [-0.2, 0) is 4.79 Å². The zero-order chi connectivity index (χ0) is 27.2. The van der Waals surface area contributed by atoms with E-state index in [0.29, 0.717) is 12.3 Å². The zero-order valence-electron chi connectivity index (χ0n) is 25.5. The summed E-state index contributed by atoms with van der Waals surface area (Å²) in [6, 6.07) is 0. The molecular formula is C34H68O3. The third-order valence-electron chi connectivity index (χ3n) is 8.22. The van der Waals surface area contributed by atoms with Crippen molar-refractivity contribution in [3.63, 3.8) is 0 Å². The SMILES string of the molecule is CCCCCCCCCCCCCCC(CCCCCCCCCCCCCCC(C)O)CCC(=O)O. The number of unbranched alkanes of at least 4 members (excludes halogenated alkanes) is 22. The van der Waals surface area contributed by atoms with Crippen molar-refractivity contribution in [1.29, 1.82) is 0 Å². The van der Waals surface area contributed by atoms with Crippen molar-refractivity contribution in [2.75, 3.05) is 0 Å². The summed E-state index contributed by atoms with van der Waals surface area (Å²) in [4.78, 5) is 11.1. The molecule has 0 bridgehead atoms. The summed E-state index contributed by atoms with van der Waals surface area (Å²) < 4.78 is 0. The predicted molar refractivity (Wildman–Crippen MR) is 162 cm³/mol. The van der Waals surface area contributed by atoms with Crippen LogP contribution in [0.4, 0.5) is 0 Å². The highest BCUT2D eigenvalue weighted by Gasteiger charge is 2.11. The molecule has 0 aromatic heterocycles. The monoisotopic (exact) mass is 525 g/mol. The zero-order valence-corrected chi connectivity index (χ0v) is 25.5. The molecule has 0 aliphatic heterocycles. The summed E-state index contributed by atoms with van der Waals surface area (Å²) in [5, 5.41) is 18.4. The molecule has 0 radical (unpaired) electrons. The summed E-state index contributed by atoms with van der Waals surface area (Å²) in [6.07, 6.45) is 37.2. The van der Waals surface area contributed by atoms with Crippen LogP contribution in [0, 0.1) is 5.92 Å². The van der Waals surface area contributed by atoms with Crippen LogP contribution >= 0.6 is 0 Å². The van der Waals surface area contributed by atoms with Crippen LogP contribution in [0.15, 0.2) is 0 Å². The quantitative estimate of drug-likeness (QED) is 0.0886. The van der Waals surface area contributed by atoms with Crippen LogP contribution < -0.4 is 0 Å². The van der Waals surface area contributed by atoms with Gasteiger partial charge in [0.05, 0.1) is 6.10 Å². The molecule has 0 amide bonds. The second-order valence-electron chi connectivity index (χ2n) is 12.1. The van der Waals surface area contributed by atoms with Crippen LogP contribution in [0.25, 0.3) is 0 Å². The number of aliphatic hydroxyl groups excluding tert-OH is 1. The van der Waals surface area contributed by atoms with Gasteiger partial charge in [0.1, 0.15) is 0 Å². The second-order valence-corrected chi connectivity index (χ2v) is 12.1. The maximum absolute atomic E-state index is 11.1. The molecule has 2 N–H and O–H groups in total. The molecule has 0 fully saturated rings. The highest BCUT2D eigenvalue weighted by atomic mass is 16.4. The van der Waals surface area contributed by atoms with Crippen LogP contribution in [0.2, 0.25) is 0 Å². The Bertz CT molecular complexity index is 448. The number of rotatable bonds is 31. The fraction of sp³-hybridized carbons (Fsp3) is 0.971. The van der Waals surface area contributed by atoms with E-state index in [9.17, 15) is 9.90 Å². The average molecular weight is 525 g/mol. The molecule has 0 spiro atoms. The summed E-state index contributed by atoms with van der Waals surface area (Å²) in [6.45, 7) is 4.17. The van der Waals surface area contributed by atoms with Gasteiger partial charge in [-0.2, -0.15) is 0 Å². The van der Waals surface area contributed by atoms with Gasteiger partial charge in [-0.25, -0.2) is 0 Å². The lowest BCUT2D eigenvalue weighted by molar-refractivity contribution is -0.137. The Labute approximate surface area is 233 Å². The molecular weight excluding hydrogens is 456 g/mol. The van der Waals surface area contributed by atoms with Crippen molar-refractivity contribution in [3.8, 4) is 0 Å². The molecule has 0 saturated heterocycles. The van der Waals surface area contributed by atoms with E-state index in [1.807, 2.05) is 6.92 Å². The highest BCUT2D eigenvalue weighted by Crippen LogP contribution is 2.24. The van der Waals surface area contributed by atoms with Crippen molar-refractivity contribution in [1.82, 2.24) is 0 Å². The Morgan fingerprint density at radius 1 is 0.486 bits per heavy atom. The molecule has 2 unspecified atom stereocenters. The number of aliphatic hydroxyl groups is 1. The normalized spacial score (nSPS) is 13.2. The first-order valence-corrected chi connectivity index (χ1v) is 17.0. The van der Waals surface area contributed by atoms with Gasteiger partial charge in [0.25, 0.3) is 0 Å². The van der Waals surface area contributed by atoms with Crippen molar-refractivity contribution in [3.05, 3.63) is 0 Å². The van der Waals surface area contributed by atoms with Gasteiger partial charge in [-0.3, -0.25) is 4.79 Å². The maximum Gasteiger partial charge on any atom is 0.303 e. The number of hydrogen-bond acceptors (Lipinski definition) is 2. The van der Waals surface area contributed by atoms with Crippen LogP contribution in [0.5, 0.6) is 0 Å². The number of carbonyl (C=O) groups is 1. The lowest BCUT2D eigenvalue weighted by Crippen LogP contribution is -2.05. The van der Waals surface area contributed by atoms with Crippen LogP contribution in [0.1, 0.15) is 200 Å². The molecule has 222 valence electrons. The van der Waals surface area contributed by atoms with Gasteiger partial charge in [0.15, 0.2) is 0 Å². The molecule has 0 aromatic carbocycles. The largest absolute Gasteiger partial charge is 0.481 e. The van der Waals surface area contributed by atoms with Crippen molar-refractivity contribution in [2.45, 2.75) is 206 Å². The Kier molecular flexibility index (Phi) is 29.5. The summed E-state index contributed by atoms with van der Waals surface area (Å²) in [5.74, 6) is -0.000683. The van der Waals surface area contributed by atoms with E-state index in [2.05, 4.69) is 6.92 Å². The molecule has 0 rings (SSSR count). The minimum atomic E-state index is -0.626. The molecule has 0 saturated carbocycles. The van der Waals surface area contributed by atoms with E-state index in [-0.39, 0.29) is 6.10 Å². The van der Waals surface area contributed by atoms with Gasteiger partial charge in [-0.15, -0.1) is 0 Å². The molecule has 37 heavy (non-hydrogen) atoms. The van der Waals surface area contributed by atoms with Crippen molar-refractivity contribution >= 4 is 5.97 Å². The Morgan fingerprint density at radius 2 is 0.784 bits per heavy atom. The Balaban J connectivity index is 3.59. The molecule has 3 nitrogen and oxygen atoms in total. The first-order valence-electron chi connectivity index (χ1n) is 17.0. The van der Waals surface area contributed by atoms with Crippen molar-refractivity contribution < 1.29 is 15.0 Å². The van der Waals surface area contributed by atoms with Gasteiger partial charge < -0.3 is 10.2 Å². The van der Waals surface area contributed by atoms with E-state index >= 15 is 0 Å². The first kappa shape index (κ1) is 36.4. The summed E-state index contributed by atoms with van der Waals surface area (Å²) in [7, 11) is 0. The van der Waals surface area contributed by atoms with E-state index in [4.69, 9.17) is 5.11 Å². The summed E-state index contributed by atoms with van der Waals surface area (Å²) in [5.41, 5.74) is 0. The molecule has 0 aliphatic rings. The smallest absolute Gasteiger partial charge is 0.303 e. The molecule has 0 aliphatic carbocycles. The minimum absolute atomic E-state index is 0.130.